The van der Waals surface area contributed by atoms with Crippen molar-refractivity contribution in [1.29, 1.82) is 0 Å². The van der Waals surface area contributed by atoms with Crippen LogP contribution in [0.15, 0.2) is 10.5 Å². The van der Waals surface area contributed by atoms with E-state index in [1.165, 1.54) is 17.5 Å². The summed E-state index contributed by atoms with van der Waals surface area (Å²) in [6, 6.07) is 2.61. The maximum absolute atomic E-state index is 5.56. The van der Waals surface area contributed by atoms with E-state index in [2.05, 4.69) is 34.2 Å². The summed E-state index contributed by atoms with van der Waals surface area (Å²) in [5, 5.41) is 3.52. The van der Waals surface area contributed by atoms with Gasteiger partial charge >= 0.3 is 0 Å². The highest BCUT2D eigenvalue weighted by molar-refractivity contribution is 9.10. The van der Waals surface area contributed by atoms with Crippen LogP contribution in [0.25, 0.3) is 0 Å². The van der Waals surface area contributed by atoms with Crippen molar-refractivity contribution in [2.45, 2.75) is 32.2 Å². The second kappa shape index (κ2) is 5.93. The van der Waals surface area contributed by atoms with E-state index >= 15 is 0 Å². The normalized spacial score (nSPS) is 19.0. The molecule has 0 radical (unpaired) electrons. The first kappa shape index (κ1) is 13.7. The molecule has 0 spiro atoms. The molecule has 1 aromatic carbocycles. The van der Waals surface area contributed by atoms with Crippen LogP contribution in [-0.2, 0) is 6.42 Å². The molecule has 100 valence electrons. The van der Waals surface area contributed by atoms with Crippen molar-refractivity contribution in [1.82, 2.24) is 5.32 Å². The highest BCUT2D eigenvalue weighted by Gasteiger charge is 2.24. The molecule has 1 aromatic rings. The van der Waals surface area contributed by atoms with E-state index < -0.39 is 0 Å². The third-order valence-electron chi connectivity index (χ3n) is 3.51. The van der Waals surface area contributed by atoms with Gasteiger partial charge in [0, 0.05) is 11.6 Å². The fraction of sp³-hybridized carbons (Fsp3) is 0.571. The van der Waals surface area contributed by atoms with Gasteiger partial charge < -0.3 is 14.8 Å². The first-order valence-corrected chi connectivity index (χ1v) is 7.18. The average Bonchev–Trinajstić information content (AvgIpc) is 2.91. The van der Waals surface area contributed by atoms with Crippen molar-refractivity contribution in [3.63, 3.8) is 0 Å². The lowest BCUT2D eigenvalue weighted by atomic mass is 9.99. The number of methoxy groups -OCH3 is 2. The van der Waals surface area contributed by atoms with E-state index in [9.17, 15) is 0 Å². The fourth-order valence-corrected chi connectivity index (χ4v) is 3.40. The van der Waals surface area contributed by atoms with Gasteiger partial charge in [0.25, 0.3) is 0 Å². The number of hydrogen-bond donors (Lipinski definition) is 1. The molecule has 1 N–H and O–H groups in total. The topological polar surface area (TPSA) is 30.5 Å². The molecule has 1 aliphatic heterocycles. The van der Waals surface area contributed by atoms with Gasteiger partial charge in [0.2, 0.25) is 0 Å². The fourth-order valence-electron chi connectivity index (χ4n) is 2.59. The SMILES string of the molecule is CCc1cc(C2CCCN2)c(OC)c(Br)c1OC. The van der Waals surface area contributed by atoms with Crippen LogP contribution in [0, 0.1) is 0 Å². The zero-order chi connectivity index (χ0) is 13.1. The Kier molecular flexibility index (Phi) is 4.51. The van der Waals surface area contributed by atoms with Crippen LogP contribution in [0.4, 0.5) is 0 Å². The second-order valence-electron chi connectivity index (χ2n) is 4.51. The minimum atomic E-state index is 0.396. The monoisotopic (exact) mass is 313 g/mol. The van der Waals surface area contributed by atoms with E-state index in [0.717, 1.165) is 35.4 Å². The van der Waals surface area contributed by atoms with Crippen molar-refractivity contribution in [3.8, 4) is 11.5 Å². The minimum Gasteiger partial charge on any atom is -0.495 e. The van der Waals surface area contributed by atoms with Crippen molar-refractivity contribution >= 4 is 15.9 Å². The lowest BCUT2D eigenvalue weighted by molar-refractivity contribution is 0.379. The van der Waals surface area contributed by atoms with Crippen molar-refractivity contribution in [2.75, 3.05) is 20.8 Å². The molecule has 0 saturated carbocycles. The summed E-state index contributed by atoms with van der Waals surface area (Å²) in [5.74, 6) is 1.78. The van der Waals surface area contributed by atoms with Crippen molar-refractivity contribution in [2.24, 2.45) is 0 Å². The molecule has 1 saturated heterocycles. The number of halogens is 1. The molecule has 2 rings (SSSR count). The molecule has 1 atom stereocenters. The first-order chi connectivity index (χ1) is 8.72. The lowest BCUT2D eigenvalue weighted by Gasteiger charge is -2.20. The molecule has 1 aliphatic rings. The summed E-state index contributed by atoms with van der Waals surface area (Å²) in [6.07, 6.45) is 3.34. The van der Waals surface area contributed by atoms with E-state index in [0.29, 0.717) is 6.04 Å². The third kappa shape index (κ3) is 2.36. The molecule has 18 heavy (non-hydrogen) atoms. The standard InChI is InChI=1S/C14H20BrNO2/c1-4-9-8-10(11-6-5-7-16-11)14(18-3)12(15)13(9)17-2/h8,11,16H,4-7H2,1-3H3. The van der Waals surface area contributed by atoms with E-state index in [1.807, 2.05) is 0 Å². The predicted molar refractivity (Wildman–Crippen MR) is 76.6 cm³/mol. The summed E-state index contributed by atoms with van der Waals surface area (Å²) in [7, 11) is 3.41. The molecular weight excluding hydrogens is 294 g/mol. The molecule has 0 aliphatic carbocycles. The van der Waals surface area contributed by atoms with Gasteiger partial charge in [-0.2, -0.15) is 0 Å². The molecule has 3 nitrogen and oxygen atoms in total. The van der Waals surface area contributed by atoms with Gasteiger partial charge in [-0.1, -0.05) is 6.92 Å². The summed E-state index contributed by atoms with van der Waals surface area (Å²) >= 11 is 3.61. The number of nitrogens with one attached hydrogen (secondary N) is 1. The molecule has 1 fully saturated rings. The first-order valence-electron chi connectivity index (χ1n) is 6.39. The van der Waals surface area contributed by atoms with Crippen molar-refractivity contribution in [3.05, 3.63) is 21.7 Å². The molecule has 0 bridgehead atoms. The molecule has 1 heterocycles. The van der Waals surface area contributed by atoms with Gasteiger partial charge in [0.15, 0.2) is 0 Å². The smallest absolute Gasteiger partial charge is 0.141 e. The Labute approximate surface area is 117 Å². The molecule has 4 heteroatoms. The Morgan fingerprint density at radius 1 is 1.33 bits per heavy atom. The van der Waals surface area contributed by atoms with Gasteiger partial charge in [0.05, 0.1) is 14.2 Å². The Balaban J connectivity index is 2.53. The Bertz CT molecular complexity index is 428. The molecule has 0 aromatic heterocycles. The molecular formula is C14H20BrNO2. The predicted octanol–water partition coefficient (Wildman–Crippen LogP) is 3.45. The van der Waals surface area contributed by atoms with E-state index in [1.54, 1.807) is 14.2 Å². The van der Waals surface area contributed by atoms with Gasteiger partial charge in [-0.3, -0.25) is 0 Å². The van der Waals surface area contributed by atoms with Gasteiger partial charge in [-0.15, -0.1) is 0 Å². The van der Waals surface area contributed by atoms with Crippen LogP contribution in [0.3, 0.4) is 0 Å². The maximum atomic E-state index is 5.56. The number of benzene rings is 1. The zero-order valence-electron chi connectivity index (χ0n) is 11.2. The van der Waals surface area contributed by atoms with Crippen LogP contribution in [0.2, 0.25) is 0 Å². The maximum Gasteiger partial charge on any atom is 0.141 e. The van der Waals surface area contributed by atoms with Crippen LogP contribution >= 0.6 is 15.9 Å². The van der Waals surface area contributed by atoms with E-state index in [-0.39, 0.29) is 0 Å². The lowest BCUT2D eigenvalue weighted by Crippen LogP contribution is -2.14. The van der Waals surface area contributed by atoms with Crippen LogP contribution < -0.4 is 14.8 Å². The van der Waals surface area contributed by atoms with Crippen molar-refractivity contribution < 1.29 is 9.47 Å². The van der Waals surface area contributed by atoms with Gasteiger partial charge in [-0.05, 0) is 53.4 Å². The summed E-state index contributed by atoms with van der Waals surface area (Å²) in [4.78, 5) is 0. The zero-order valence-corrected chi connectivity index (χ0v) is 12.8. The summed E-state index contributed by atoms with van der Waals surface area (Å²) in [5.41, 5.74) is 2.45. The minimum absolute atomic E-state index is 0.396. The third-order valence-corrected chi connectivity index (χ3v) is 4.23. The number of aryl methyl sites for hydroxylation is 1. The second-order valence-corrected chi connectivity index (χ2v) is 5.30. The van der Waals surface area contributed by atoms with Gasteiger partial charge in [-0.25, -0.2) is 0 Å². The average molecular weight is 314 g/mol. The quantitative estimate of drug-likeness (QED) is 0.923. The highest BCUT2D eigenvalue weighted by atomic mass is 79.9. The number of hydrogen-bond acceptors (Lipinski definition) is 3. The Hall–Kier alpha value is -0.740. The Morgan fingerprint density at radius 2 is 2.06 bits per heavy atom. The van der Waals surface area contributed by atoms with Crippen LogP contribution in [0.1, 0.15) is 36.9 Å². The summed E-state index contributed by atoms with van der Waals surface area (Å²) in [6.45, 7) is 3.22. The highest BCUT2D eigenvalue weighted by Crippen LogP contribution is 2.44. The van der Waals surface area contributed by atoms with Gasteiger partial charge in [0.1, 0.15) is 16.0 Å². The number of rotatable bonds is 4. The molecule has 1 unspecified atom stereocenters. The van der Waals surface area contributed by atoms with Crippen LogP contribution in [-0.4, -0.2) is 20.8 Å². The Morgan fingerprint density at radius 3 is 2.56 bits per heavy atom. The van der Waals surface area contributed by atoms with Crippen LogP contribution in [0.5, 0.6) is 11.5 Å². The van der Waals surface area contributed by atoms with E-state index in [4.69, 9.17) is 9.47 Å². The molecule has 0 amide bonds. The number of ether oxygens (including phenoxy) is 2. The largest absolute Gasteiger partial charge is 0.495 e. The summed E-state index contributed by atoms with van der Waals surface area (Å²) < 4.78 is 12.0.